The van der Waals surface area contributed by atoms with Gasteiger partial charge in [-0.05, 0) is 55.0 Å². The highest BCUT2D eigenvalue weighted by Crippen LogP contribution is 2.43. The van der Waals surface area contributed by atoms with E-state index in [1.165, 1.54) is 17.0 Å². The number of ether oxygens (including phenoxy) is 1. The average Bonchev–Trinajstić information content (AvgIpc) is 3.06. The third kappa shape index (κ3) is 3.85. The molecule has 3 aromatic carbocycles. The lowest BCUT2D eigenvalue weighted by molar-refractivity contribution is -0.132. The molecule has 5 nitrogen and oxygen atoms in total. The fourth-order valence-electron chi connectivity index (χ4n) is 3.70. The number of Topliss-reactive ketones (excluding diaryl/α,β-unsaturated/α-hetero) is 1. The molecule has 1 saturated heterocycles. The molecule has 0 aliphatic carbocycles. The molecule has 0 bridgehead atoms. The van der Waals surface area contributed by atoms with Crippen molar-refractivity contribution in [2.24, 2.45) is 0 Å². The van der Waals surface area contributed by atoms with E-state index in [2.05, 4.69) is 0 Å². The summed E-state index contributed by atoms with van der Waals surface area (Å²) in [5.74, 6) is -1.20. The van der Waals surface area contributed by atoms with Gasteiger partial charge in [0.25, 0.3) is 11.7 Å². The Labute approximate surface area is 195 Å². The van der Waals surface area contributed by atoms with E-state index < -0.39 is 17.7 Å². The molecular formula is C25H19Cl2NO4. The Hall–Kier alpha value is -3.28. The van der Waals surface area contributed by atoms with Crippen molar-refractivity contribution in [3.8, 4) is 5.75 Å². The van der Waals surface area contributed by atoms with Gasteiger partial charge in [0.2, 0.25) is 0 Å². The Morgan fingerprint density at radius 2 is 1.59 bits per heavy atom. The molecule has 0 radical (unpaired) electrons. The lowest BCUT2D eigenvalue weighted by atomic mass is 9.95. The predicted octanol–water partition coefficient (Wildman–Crippen LogP) is 5.94. The molecule has 1 heterocycles. The minimum absolute atomic E-state index is 0.0286. The van der Waals surface area contributed by atoms with Crippen molar-refractivity contribution in [1.29, 1.82) is 0 Å². The Morgan fingerprint density at radius 1 is 0.938 bits per heavy atom. The molecule has 162 valence electrons. The zero-order valence-electron chi connectivity index (χ0n) is 17.3. The zero-order valence-corrected chi connectivity index (χ0v) is 18.8. The number of rotatable bonds is 4. The highest BCUT2D eigenvalue weighted by molar-refractivity contribution is 6.51. The summed E-state index contributed by atoms with van der Waals surface area (Å²) in [6.07, 6.45) is 0. The highest BCUT2D eigenvalue weighted by Gasteiger charge is 2.47. The Kier molecular flexibility index (Phi) is 5.96. The number of halogens is 2. The molecule has 1 N–H and O–H groups in total. The Morgan fingerprint density at radius 3 is 2.19 bits per heavy atom. The van der Waals surface area contributed by atoms with Crippen LogP contribution in [0.25, 0.3) is 5.76 Å². The molecule has 1 atom stereocenters. The number of aliphatic hydroxyl groups excluding tert-OH is 1. The number of aryl methyl sites for hydroxylation is 1. The second-order valence-corrected chi connectivity index (χ2v) is 8.22. The first kappa shape index (κ1) is 21.9. The number of hydrogen-bond acceptors (Lipinski definition) is 4. The summed E-state index contributed by atoms with van der Waals surface area (Å²) < 4.78 is 5.23. The normalized spacial score (nSPS) is 17.6. The highest BCUT2D eigenvalue weighted by atomic mass is 35.5. The van der Waals surface area contributed by atoms with Crippen LogP contribution in [0.2, 0.25) is 10.0 Å². The number of ketones is 1. The largest absolute Gasteiger partial charge is 0.507 e. The minimum Gasteiger partial charge on any atom is -0.507 e. The number of carbonyl (C=O) groups is 2. The molecule has 0 saturated carbocycles. The van der Waals surface area contributed by atoms with Gasteiger partial charge >= 0.3 is 0 Å². The van der Waals surface area contributed by atoms with Crippen molar-refractivity contribution in [3.05, 3.63) is 99.0 Å². The Bertz CT molecular complexity index is 1230. The van der Waals surface area contributed by atoms with Crippen molar-refractivity contribution in [2.75, 3.05) is 12.0 Å². The lowest BCUT2D eigenvalue weighted by Gasteiger charge is -2.25. The molecule has 4 rings (SSSR count). The van der Waals surface area contributed by atoms with Gasteiger partial charge in [-0.1, -0.05) is 53.0 Å². The van der Waals surface area contributed by atoms with Crippen molar-refractivity contribution in [3.63, 3.8) is 0 Å². The van der Waals surface area contributed by atoms with Gasteiger partial charge in [-0.2, -0.15) is 0 Å². The standard InChI is InChI=1S/C25H19Cl2NO4/c1-14-3-8-17(9-4-14)28-22(15-5-10-18(32-2)11-6-15)21(24(30)25(28)31)23(29)16-7-12-19(26)20(27)13-16/h3-13,22,29H,1-2H3/b23-21-. The van der Waals surface area contributed by atoms with E-state index in [0.29, 0.717) is 27.6 Å². The van der Waals surface area contributed by atoms with Crippen LogP contribution in [0.1, 0.15) is 22.7 Å². The third-order valence-electron chi connectivity index (χ3n) is 5.38. The van der Waals surface area contributed by atoms with Gasteiger partial charge in [0.05, 0.1) is 28.8 Å². The van der Waals surface area contributed by atoms with E-state index in [1.807, 2.05) is 19.1 Å². The van der Waals surface area contributed by atoms with Crippen molar-refractivity contribution in [2.45, 2.75) is 13.0 Å². The number of nitrogens with zero attached hydrogens (tertiary/aromatic N) is 1. The van der Waals surface area contributed by atoms with E-state index >= 15 is 0 Å². The topological polar surface area (TPSA) is 66.8 Å². The SMILES string of the molecule is COc1ccc(C2/C(=C(/O)c3ccc(Cl)c(Cl)c3)C(=O)C(=O)N2c2ccc(C)cc2)cc1. The maximum atomic E-state index is 13.1. The van der Waals surface area contributed by atoms with Crippen LogP contribution in [0.15, 0.2) is 72.3 Å². The molecular weight excluding hydrogens is 449 g/mol. The van der Waals surface area contributed by atoms with Crippen molar-refractivity contribution in [1.82, 2.24) is 0 Å². The smallest absolute Gasteiger partial charge is 0.300 e. The summed E-state index contributed by atoms with van der Waals surface area (Å²) in [7, 11) is 1.55. The van der Waals surface area contributed by atoms with E-state index in [1.54, 1.807) is 49.6 Å². The maximum Gasteiger partial charge on any atom is 0.300 e. The first-order valence-electron chi connectivity index (χ1n) is 9.79. The van der Waals surface area contributed by atoms with Gasteiger partial charge in [-0.25, -0.2) is 0 Å². The predicted molar refractivity (Wildman–Crippen MR) is 125 cm³/mol. The fraction of sp³-hybridized carbons (Fsp3) is 0.120. The number of benzene rings is 3. The number of amides is 1. The molecule has 0 spiro atoms. The summed E-state index contributed by atoms with van der Waals surface area (Å²) in [6.45, 7) is 1.93. The van der Waals surface area contributed by atoms with Crippen LogP contribution in [0.4, 0.5) is 5.69 Å². The van der Waals surface area contributed by atoms with Gasteiger partial charge in [-0.3, -0.25) is 14.5 Å². The summed E-state index contributed by atoms with van der Waals surface area (Å²) >= 11 is 12.1. The molecule has 7 heteroatoms. The first-order valence-corrected chi connectivity index (χ1v) is 10.5. The van der Waals surface area contributed by atoms with E-state index in [9.17, 15) is 14.7 Å². The number of hydrogen-bond donors (Lipinski definition) is 1. The fourth-order valence-corrected chi connectivity index (χ4v) is 4.00. The molecule has 3 aromatic rings. The summed E-state index contributed by atoms with van der Waals surface area (Å²) in [5, 5.41) is 11.7. The van der Waals surface area contributed by atoms with Crippen LogP contribution in [-0.2, 0) is 9.59 Å². The summed E-state index contributed by atoms with van der Waals surface area (Å²) in [6, 6.07) is 18.0. The zero-order chi connectivity index (χ0) is 23.0. The molecule has 1 amide bonds. The molecule has 1 aliphatic heterocycles. The van der Waals surface area contributed by atoms with Gasteiger partial charge in [-0.15, -0.1) is 0 Å². The number of methoxy groups -OCH3 is 1. The summed E-state index contributed by atoms with van der Waals surface area (Å²) in [5.41, 5.74) is 2.47. The van der Waals surface area contributed by atoms with Gasteiger partial charge < -0.3 is 9.84 Å². The number of anilines is 1. The molecule has 0 aromatic heterocycles. The van der Waals surface area contributed by atoms with E-state index in [-0.39, 0.29) is 16.4 Å². The number of carbonyl (C=O) groups excluding carboxylic acids is 2. The van der Waals surface area contributed by atoms with Gasteiger partial charge in [0, 0.05) is 11.3 Å². The van der Waals surface area contributed by atoms with Crippen molar-refractivity contribution < 1.29 is 19.4 Å². The molecule has 1 fully saturated rings. The lowest BCUT2D eigenvalue weighted by Crippen LogP contribution is -2.29. The second kappa shape index (κ2) is 8.69. The number of aliphatic hydroxyl groups is 1. The molecule has 1 unspecified atom stereocenters. The van der Waals surface area contributed by atoms with Gasteiger partial charge in [0.1, 0.15) is 11.5 Å². The van der Waals surface area contributed by atoms with Crippen LogP contribution in [-0.4, -0.2) is 23.9 Å². The van der Waals surface area contributed by atoms with E-state index in [0.717, 1.165) is 5.56 Å². The van der Waals surface area contributed by atoms with E-state index in [4.69, 9.17) is 27.9 Å². The summed E-state index contributed by atoms with van der Waals surface area (Å²) in [4.78, 5) is 27.7. The van der Waals surface area contributed by atoms with Crippen molar-refractivity contribution >= 4 is 46.3 Å². The van der Waals surface area contributed by atoms with Crippen LogP contribution in [0, 0.1) is 6.92 Å². The molecule has 32 heavy (non-hydrogen) atoms. The first-order chi connectivity index (χ1) is 15.3. The quantitative estimate of drug-likeness (QED) is 0.293. The van der Waals surface area contributed by atoms with Crippen LogP contribution < -0.4 is 9.64 Å². The second-order valence-electron chi connectivity index (χ2n) is 7.41. The minimum atomic E-state index is -0.835. The van der Waals surface area contributed by atoms with Crippen LogP contribution in [0.3, 0.4) is 0 Å². The van der Waals surface area contributed by atoms with Crippen LogP contribution in [0.5, 0.6) is 5.75 Å². The Balaban J connectivity index is 1.93. The maximum absolute atomic E-state index is 13.1. The average molecular weight is 468 g/mol. The van der Waals surface area contributed by atoms with Crippen LogP contribution >= 0.6 is 23.2 Å². The monoisotopic (exact) mass is 467 g/mol. The molecule has 1 aliphatic rings. The third-order valence-corrected chi connectivity index (χ3v) is 6.12. The van der Waals surface area contributed by atoms with Gasteiger partial charge in [0.15, 0.2) is 0 Å².